The van der Waals surface area contributed by atoms with E-state index in [2.05, 4.69) is 20.9 Å². The molecular formula is C24H24F2N6O2. The van der Waals surface area contributed by atoms with Gasteiger partial charge in [-0.1, -0.05) is 30.3 Å². The highest BCUT2D eigenvalue weighted by molar-refractivity contribution is 5.78. The molecule has 0 aliphatic heterocycles. The lowest BCUT2D eigenvalue weighted by Crippen LogP contribution is -2.41. The van der Waals surface area contributed by atoms with Gasteiger partial charge in [-0.2, -0.15) is 14.0 Å². The lowest BCUT2D eigenvalue weighted by atomic mass is 10.1. The first-order valence-corrected chi connectivity index (χ1v) is 10.5. The second-order valence-corrected chi connectivity index (χ2v) is 7.51. The summed E-state index contributed by atoms with van der Waals surface area (Å²) in [4.78, 5) is 16.2. The first kappa shape index (κ1) is 24.5. The molecule has 0 radical (unpaired) electrons. The van der Waals surface area contributed by atoms with Gasteiger partial charge in [0.15, 0.2) is 6.54 Å². The van der Waals surface area contributed by atoms with Crippen molar-refractivity contribution in [2.24, 2.45) is 0 Å². The molecule has 8 nitrogen and oxygen atoms in total. The van der Waals surface area contributed by atoms with Crippen LogP contribution >= 0.6 is 0 Å². The molecule has 2 heterocycles. The topological polar surface area (TPSA) is 117 Å². The third kappa shape index (κ3) is 6.02. The second kappa shape index (κ2) is 11.2. The molecule has 1 amide bonds. The molecule has 0 atom stereocenters. The molecule has 3 aromatic rings. The molecule has 0 fully saturated rings. The van der Waals surface area contributed by atoms with Crippen molar-refractivity contribution in [3.05, 3.63) is 94.1 Å². The quantitative estimate of drug-likeness (QED) is 0.312. The Morgan fingerprint density at radius 1 is 1.12 bits per heavy atom. The van der Waals surface area contributed by atoms with E-state index in [1.54, 1.807) is 0 Å². The number of nitrogens with one attached hydrogen (secondary N) is 3. The molecule has 0 bridgehead atoms. The Kier molecular flexibility index (Phi) is 8.05. The Morgan fingerprint density at radius 2 is 1.82 bits per heavy atom. The van der Waals surface area contributed by atoms with Gasteiger partial charge in [-0.05, 0) is 36.4 Å². The predicted octanol–water partition coefficient (Wildman–Crippen LogP) is 2.37. The molecule has 2 aromatic heterocycles. The van der Waals surface area contributed by atoms with Crippen LogP contribution in [0.5, 0.6) is 0 Å². The van der Waals surface area contributed by atoms with E-state index < -0.39 is 24.1 Å². The highest BCUT2D eigenvalue weighted by atomic mass is 19.3. The Labute approximate surface area is 195 Å². The van der Waals surface area contributed by atoms with E-state index in [-0.39, 0.29) is 30.0 Å². The molecule has 1 aromatic carbocycles. The fraction of sp³-hybridized carbons (Fsp3) is 0.250. The molecule has 0 unspecified atom stereocenters. The summed E-state index contributed by atoms with van der Waals surface area (Å²) in [6.45, 7) is -0.0141. The number of hydrogen-bond donors (Lipinski definition) is 3. The Bertz CT molecular complexity index is 1180. The zero-order valence-electron chi connectivity index (χ0n) is 18.5. The number of hydrogen-bond acceptors (Lipinski definition) is 6. The van der Waals surface area contributed by atoms with Gasteiger partial charge < -0.3 is 15.8 Å². The molecular weight excluding hydrogens is 442 g/mol. The normalized spacial score (nSPS) is 11.0. The molecule has 176 valence electrons. The van der Waals surface area contributed by atoms with Crippen LogP contribution in [0.15, 0.2) is 60.8 Å². The molecule has 10 heteroatoms. The predicted molar refractivity (Wildman–Crippen MR) is 121 cm³/mol. The zero-order valence-corrected chi connectivity index (χ0v) is 18.5. The van der Waals surface area contributed by atoms with Crippen molar-refractivity contribution in [3.63, 3.8) is 0 Å². The number of halogens is 2. The van der Waals surface area contributed by atoms with Gasteiger partial charge in [0, 0.05) is 25.4 Å². The van der Waals surface area contributed by atoms with Crippen LogP contribution in [0.25, 0.3) is 0 Å². The number of carbonyl (C=O) groups excluding carboxylic acids is 1. The van der Waals surface area contributed by atoms with E-state index >= 15 is 0 Å². The summed E-state index contributed by atoms with van der Waals surface area (Å²) in [6, 6.07) is 16.2. The number of anilines is 1. The SMILES string of the molecule is CNCc1ccccc1CNC(=O)Cc1c(C#N)ccc(NCC(F)(F)c2ccccn2)[n+]1[O-]. The lowest BCUT2D eigenvalue weighted by molar-refractivity contribution is -0.598. The molecule has 0 saturated heterocycles. The summed E-state index contributed by atoms with van der Waals surface area (Å²) < 4.78 is 29.1. The number of aromatic nitrogens is 2. The number of carbonyl (C=O) groups is 1. The number of alkyl halides is 2. The van der Waals surface area contributed by atoms with Gasteiger partial charge in [0.25, 0.3) is 5.82 Å². The second-order valence-electron chi connectivity index (χ2n) is 7.51. The van der Waals surface area contributed by atoms with Crippen molar-refractivity contribution in [3.8, 4) is 6.07 Å². The highest BCUT2D eigenvalue weighted by Gasteiger charge is 2.35. The van der Waals surface area contributed by atoms with Crippen LogP contribution in [-0.2, 0) is 30.2 Å². The van der Waals surface area contributed by atoms with Crippen LogP contribution in [0.2, 0.25) is 0 Å². The molecule has 0 saturated carbocycles. The van der Waals surface area contributed by atoms with E-state index in [1.807, 2.05) is 37.4 Å². The maximum atomic E-state index is 14.4. The fourth-order valence-corrected chi connectivity index (χ4v) is 3.35. The van der Waals surface area contributed by atoms with Crippen LogP contribution in [-0.4, -0.2) is 24.5 Å². The average molecular weight is 466 g/mol. The minimum atomic E-state index is -3.33. The van der Waals surface area contributed by atoms with Crippen molar-refractivity contribution >= 4 is 11.7 Å². The summed E-state index contributed by atoms with van der Waals surface area (Å²) in [7, 11) is 1.82. The lowest BCUT2D eigenvalue weighted by Gasteiger charge is -2.18. The fourth-order valence-electron chi connectivity index (χ4n) is 3.35. The van der Waals surface area contributed by atoms with Crippen molar-refractivity contribution in [1.82, 2.24) is 15.6 Å². The first-order valence-electron chi connectivity index (χ1n) is 10.5. The third-order valence-electron chi connectivity index (χ3n) is 5.12. The zero-order chi connectivity index (χ0) is 24.6. The maximum Gasteiger partial charge on any atom is 0.325 e. The Balaban J connectivity index is 1.71. The monoisotopic (exact) mass is 466 g/mol. The van der Waals surface area contributed by atoms with Crippen molar-refractivity contribution < 1.29 is 18.3 Å². The smallest absolute Gasteiger partial charge is 0.325 e. The standard InChI is InChI=1S/C24H24F2N6O2/c1-28-14-18-6-2-3-7-19(18)15-30-23(33)12-20-17(13-27)9-10-22(32(20)34)31-16-24(25,26)21-8-4-5-11-29-21/h2-11,28,31H,12,14-16H2,1H3,(H,30,33). The van der Waals surface area contributed by atoms with Gasteiger partial charge in [-0.3, -0.25) is 15.1 Å². The molecule has 0 aliphatic rings. The van der Waals surface area contributed by atoms with Gasteiger partial charge in [0.1, 0.15) is 17.5 Å². The molecule has 0 spiro atoms. The van der Waals surface area contributed by atoms with E-state index in [9.17, 15) is 24.0 Å². The van der Waals surface area contributed by atoms with Gasteiger partial charge in [-0.25, -0.2) is 4.73 Å². The van der Waals surface area contributed by atoms with Crippen LogP contribution in [0.3, 0.4) is 0 Å². The molecule has 34 heavy (non-hydrogen) atoms. The minimum Gasteiger partial charge on any atom is -0.710 e. The van der Waals surface area contributed by atoms with Gasteiger partial charge in [0.2, 0.25) is 5.91 Å². The van der Waals surface area contributed by atoms with E-state index in [1.165, 1.54) is 36.5 Å². The Morgan fingerprint density at radius 3 is 2.47 bits per heavy atom. The van der Waals surface area contributed by atoms with Gasteiger partial charge >= 0.3 is 5.92 Å². The minimum absolute atomic E-state index is 0.0113. The first-order chi connectivity index (χ1) is 16.4. The number of benzene rings is 1. The highest BCUT2D eigenvalue weighted by Crippen LogP contribution is 2.26. The number of amides is 1. The summed E-state index contributed by atoms with van der Waals surface area (Å²) in [5.74, 6) is -4.01. The average Bonchev–Trinajstić information content (AvgIpc) is 2.84. The summed E-state index contributed by atoms with van der Waals surface area (Å²) in [6.07, 6.45) is 0.874. The van der Waals surface area contributed by atoms with Crippen LogP contribution in [0, 0.1) is 16.5 Å². The Hall–Kier alpha value is -4.10. The molecule has 3 rings (SSSR count). The summed E-state index contributed by atoms with van der Waals surface area (Å²) in [5, 5.41) is 30.4. The van der Waals surface area contributed by atoms with E-state index in [4.69, 9.17) is 0 Å². The largest absolute Gasteiger partial charge is 0.710 e. The van der Waals surface area contributed by atoms with Crippen LogP contribution < -0.4 is 20.7 Å². The summed E-state index contributed by atoms with van der Waals surface area (Å²) >= 11 is 0. The van der Waals surface area contributed by atoms with E-state index in [0.717, 1.165) is 11.1 Å². The number of pyridine rings is 2. The molecule has 3 N–H and O–H groups in total. The third-order valence-corrected chi connectivity index (χ3v) is 5.12. The number of nitriles is 1. The summed E-state index contributed by atoms with van der Waals surface area (Å²) in [5.41, 5.74) is 1.35. The van der Waals surface area contributed by atoms with Crippen molar-refractivity contribution in [1.29, 1.82) is 5.26 Å². The van der Waals surface area contributed by atoms with Crippen molar-refractivity contribution in [2.75, 3.05) is 18.9 Å². The van der Waals surface area contributed by atoms with Crippen molar-refractivity contribution in [2.45, 2.75) is 25.4 Å². The van der Waals surface area contributed by atoms with E-state index in [0.29, 0.717) is 11.3 Å². The maximum absolute atomic E-state index is 14.4. The van der Waals surface area contributed by atoms with Crippen LogP contribution in [0.4, 0.5) is 14.6 Å². The number of rotatable bonds is 10. The van der Waals surface area contributed by atoms with Crippen LogP contribution in [0.1, 0.15) is 28.1 Å². The number of nitrogens with zero attached hydrogens (tertiary/aromatic N) is 3. The molecule has 0 aliphatic carbocycles. The van der Waals surface area contributed by atoms with Gasteiger partial charge in [-0.15, -0.1) is 0 Å². The van der Waals surface area contributed by atoms with Gasteiger partial charge in [0.05, 0.1) is 12.0 Å².